The molecule has 0 aliphatic carbocycles. The summed E-state index contributed by atoms with van der Waals surface area (Å²) >= 11 is 0. The molecule has 0 spiro atoms. The first-order chi connectivity index (χ1) is 12.5. The second-order valence-electron chi connectivity index (χ2n) is 5.73. The molecule has 5 nitrogen and oxygen atoms in total. The Morgan fingerprint density at radius 2 is 1.81 bits per heavy atom. The molecule has 0 saturated heterocycles. The molecule has 1 heterocycles. The highest BCUT2D eigenvalue weighted by Crippen LogP contribution is 2.19. The number of nitrogens with zero attached hydrogens (tertiary/aromatic N) is 2. The summed E-state index contributed by atoms with van der Waals surface area (Å²) in [4.78, 5) is 25.1. The molecular weight excluding hydrogens is 342 g/mol. The number of Topliss-reactive ketones (excluding diaryl/α,β-unsaturated/α-hetero) is 1. The van der Waals surface area contributed by atoms with Crippen LogP contribution in [-0.4, -0.2) is 17.5 Å². The number of hydrogen-bond acceptors (Lipinski definition) is 3. The van der Waals surface area contributed by atoms with Gasteiger partial charge < -0.3 is 4.74 Å². The quantitative estimate of drug-likeness (QED) is 0.520. The minimum atomic E-state index is -3.00. The van der Waals surface area contributed by atoms with Crippen LogP contribution in [0.4, 0.5) is 8.78 Å². The minimum Gasteiger partial charge on any atom is -0.496 e. The molecule has 7 heteroatoms. The lowest BCUT2D eigenvalue weighted by molar-refractivity contribution is -0.669. The summed E-state index contributed by atoms with van der Waals surface area (Å²) in [6.07, 6.45) is 0. The fourth-order valence-electron chi connectivity index (χ4n) is 3.00. The van der Waals surface area contributed by atoms with Crippen molar-refractivity contribution in [1.29, 1.82) is 0 Å². The van der Waals surface area contributed by atoms with Crippen LogP contribution in [-0.2, 0) is 6.54 Å². The van der Waals surface area contributed by atoms with E-state index in [1.807, 2.05) is 0 Å². The summed E-state index contributed by atoms with van der Waals surface area (Å²) in [5.74, 6) is 0.106. The highest BCUT2D eigenvalue weighted by Gasteiger charge is 2.27. The summed E-state index contributed by atoms with van der Waals surface area (Å²) in [6.45, 7) is -1.80. The van der Waals surface area contributed by atoms with Gasteiger partial charge in [0.15, 0.2) is 6.54 Å². The Balaban J connectivity index is 2.19. The number of halogens is 2. The topological polar surface area (TPSA) is 52.2 Å². The number of alkyl halides is 2. The van der Waals surface area contributed by atoms with Crippen LogP contribution in [0.25, 0.3) is 10.9 Å². The number of hydrogen-bond donors (Lipinski definition) is 0. The molecule has 134 valence electrons. The molecule has 1 aromatic heterocycles. The lowest BCUT2D eigenvalue weighted by Gasteiger charge is -2.12. The van der Waals surface area contributed by atoms with Gasteiger partial charge in [-0.15, -0.1) is 4.57 Å². The third-order valence-corrected chi connectivity index (χ3v) is 4.29. The summed E-state index contributed by atoms with van der Waals surface area (Å²) in [7, 11) is 1.46. The zero-order chi connectivity index (χ0) is 18.8. The number of aromatic nitrogens is 2. The second kappa shape index (κ2) is 7.03. The summed E-state index contributed by atoms with van der Waals surface area (Å²) in [5, 5.41) is 0.131. The summed E-state index contributed by atoms with van der Waals surface area (Å²) < 4.78 is 33.9. The number of fused-ring (bicyclic) bond motifs is 1. The number of ether oxygens (including phenoxy) is 1. The minimum absolute atomic E-state index is 0.00643. The zero-order valence-corrected chi connectivity index (χ0v) is 14.3. The molecule has 3 aromatic rings. The van der Waals surface area contributed by atoms with E-state index in [-0.39, 0.29) is 23.5 Å². The van der Waals surface area contributed by atoms with Gasteiger partial charge in [0.2, 0.25) is 5.78 Å². The SMILES string of the molecule is COc1ccccc1C(=O)C[n+]1c(C)n(C(F)F)c(=O)c2ccccc21. The van der Waals surface area contributed by atoms with Crippen molar-refractivity contribution in [2.75, 3.05) is 7.11 Å². The highest BCUT2D eigenvalue weighted by molar-refractivity contribution is 5.97. The third-order valence-electron chi connectivity index (χ3n) is 4.29. The van der Waals surface area contributed by atoms with Gasteiger partial charge in [0.1, 0.15) is 16.7 Å². The number of carbonyl (C=O) groups excluding carboxylic acids is 1. The molecule has 0 aliphatic rings. The van der Waals surface area contributed by atoms with Gasteiger partial charge in [-0.1, -0.05) is 24.3 Å². The number of para-hydroxylation sites is 2. The van der Waals surface area contributed by atoms with Gasteiger partial charge in [0, 0.05) is 6.92 Å². The fraction of sp³-hybridized carbons (Fsp3) is 0.211. The normalized spacial score (nSPS) is 11.1. The molecule has 0 bridgehead atoms. The molecule has 0 N–H and O–H groups in total. The lowest BCUT2D eigenvalue weighted by atomic mass is 10.1. The van der Waals surface area contributed by atoms with Crippen LogP contribution in [0.2, 0.25) is 0 Å². The van der Waals surface area contributed by atoms with Crippen molar-refractivity contribution in [2.24, 2.45) is 0 Å². The summed E-state index contributed by atoms with van der Waals surface area (Å²) in [6, 6.07) is 13.1. The Kier molecular flexibility index (Phi) is 4.79. The Labute approximate surface area is 148 Å². The Hall–Kier alpha value is -3.09. The van der Waals surface area contributed by atoms with Crippen molar-refractivity contribution in [3.63, 3.8) is 0 Å². The van der Waals surface area contributed by atoms with Gasteiger partial charge in [-0.25, -0.2) is 9.36 Å². The monoisotopic (exact) mass is 359 g/mol. The molecule has 0 atom stereocenters. The van der Waals surface area contributed by atoms with Gasteiger partial charge in [-0.05, 0) is 24.3 Å². The van der Waals surface area contributed by atoms with E-state index >= 15 is 0 Å². The number of rotatable bonds is 5. The van der Waals surface area contributed by atoms with Crippen molar-refractivity contribution < 1.29 is 22.9 Å². The molecule has 0 fully saturated rings. The molecule has 0 amide bonds. The second-order valence-corrected chi connectivity index (χ2v) is 5.73. The fourth-order valence-corrected chi connectivity index (χ4v) is 3.00. The molecule has 26 heavy (non-hydrogen) atoms. The van der Waals surface area contributed by atoms with E-state index in [0.29, 0.717) is 21.4 Å². The standard InChI is InChI=1S/C19H17F2N2O3/c1-12-22(11-16(24)14-8-4-6-10-17(14)26-2)15-9-5-3-7-13(15)18(25)23(12)19(20)21/h3-10,19H,11H2,1-2H3/q+1. The number of ketones is 1. The van der Waals surface area contributed by atoms with E-state index in [4.69, 9.17) is 4.74 Å². The van der Waals surface area contributed by atoms with E-state index in [1.54, 1.807) is 42.5 Å². The Bertz CT molecular complexity index is 1040. The van der Waals surface area contributed by atoms with Gasteiger partial charge in [-0.2, -0.15) is 8.78 Å². The first-order valence-electron chi connectivity index (χ1n) is 7.93. The number of methoxy groups -OCH3 is 1. The maximum atomic E-state index is 13.4. The molecular formula is C19H17F2N2O3+. The van der Waals surface area contributed by atoms with Crippen molar-refractivity contribution in [2.45, 2.75) is 20.0 Å². The molecule has 0 radical (unpaired) electrons. The maximum absolute atomic E-state index is 13.4. The first kappa shape index (κ1) is 17.7. The first-order valence-corrected chi connectivity index (χ1v) is 7.93. The van der Waals surface area contributed by atoms with Crippen LogP contribution in [0.15, 0.2) is 53.3 Å². The Morgan fingerprint density at radius 1 is 1.15 bits per heavy atom. The van der Waals surface area contributed by atoms with Crippen molar-refractivity contribution in [3.8, 4) is 5.75 Å². The van der Waals surface area contributed by atoms with Gasteiger partial charge in [0.05, 0.1) is 12.7 Å². The van der Waals surface area contributed by atoms with Crippen molar-refractivity contribution in [3.05, 3.63) is 70.3 Å². The largest absolute Gasteiger partial charge is 0.496 e. The molecule has 0 saturated carbocycles. The number of carbonyl (C=O) groups is 1. The van der Waals surface area contributed by atoms with E-state index in [1.165, 1.54) is 24.7 Å². The van der Waals surface area contributed by atoms with Gasteiger partial charge in [-0.3, -0.25) is 4.79 Å². The molecule has 2 aromatic carbocycles. The van der Waals surface area contributed by atoms with Crippen LogP contribution in [0.3, 0.4) is 0 Å². The summed E-state index contributed by atoms with van der Waals surface area (Å²) in [5.41, 5.74) is -0.00924. The molecule has 0 aliphatic heterocycles. The van der Waals surface area contributed by atoms with E-state index in [2.05, 4.69) is 0 Å². The molecule has 0 unspecified atom stereocenters. The van der Waals surface area contributed by atoms with Gasteiger partial charge in [0.25, 0.3) is 5.82 Å². The van der Waals surface area contributed by atoms with E-state index < -0.39 is 12.1 Å². The van der Waals surface area contributed by atoms with Crippen LogP contribution in [0.5, 0.6) is 5.75 Å². The van der Waals surface area contributed by atoms with Crippen LogP contribution >= 0.6 is 0 Å². The predicted octanol–water partition coefficient (Wildman–Crippen LogP) is 2.88. The predicted molar refractivity (Wildman–Crippen MR) is 91.7 cm³/mol. The lowest BCUT2D eigenvalue weighted by Crippen LogP contribution is -2.48. The van der Waals surface area contributed by atoms with Crippen LogP contribution < -0.4 is 14.9 Å². The van der Waals surface area contributed by atoms with E-state index in [0.717, 1.165) is 0 Å². The average Bonchev–Trinajstić information content (AvgIpc) is 2.64. The number of benzene rings is 2. The van der Waals surface area contributed by atoms with Crippen molar-refractivity contribution >= 4 is 16.7 Å². The van der Waals surface area contributed by atoms with Gasteiger partial charge >= 0.3 is 12.1 Å². The van der Waals surface area contributed by atoms with Crippen LogP contribution in [0, 0.1) is 6.92 Å². The maximum Gasteiger partial charge on any atom is 0.390 e. The smallest absolute Gasteiger partial charge is 0.390 e. The zero-order valence-electron chi connectivity index (χ0n) is 14.3. The van der Waals surface area contributed by atoms with E-state index in [9.17, 15) is 18.4 Å². The third kappa shape index (κ3) is 2.96. The molecule has 3 rings (SSSR count). The van der Waals surface area contributed by atoms with Crippen LogP contribution in [0.1, 0.15) is 22.7 Å². The van der Waals surface area contributed by atoms with Crippen molar-refractivity contribution in [1.82, 2.24) is 4.57 Å². The Morgan fingerprint density at radius 3 is 2.50 bits per heavy atom. The average molecular weight is 359 g/mol. The highest BCUT2D eigenvalue weighted by atomic mass is 19.3.